The molecule has 1 N–H and O–H groups in total. The maximum Gasteiger partial charge on any atom is 0.264 e. The number of anilines is 1. The van der Waals surface area contributed by atoms with Gasteiger partial charge >= 0.3 is 0 Å². The van der Waals surface area contributed by atoms with Crippen LogP contribution in [0.1, 0.15) is 53.6 Å². The Hall–Kier alpha value is -2.24. The number of nitrogens with zero attached hydrogens (tertiary/aromatic N) is 1. The number of amides is 1. The molecule has 0 aliphatic carbocycles. The molecule has 0 spiro atoms. The van der Waals surface area contributed by atoms with Crippen LogP contribution in [-0.2, 0) is 10.4 Å². The SMILES string of the molecule is CC1=CC(C)(C)N2C(=O)C(O)(CC(=O)c3cccs3)c3cc(C)cc1c32. The van der Waals surface area contributed by atoms with Gasteiger partial charge in [0.15, 0.2) is 11.4 Å². The zero-order valence-electron chi connectivity index (χ0n) is 15.3. The summed E-state index contributed by atoms with van der Waals surface area (Å²) in [4.78, 5) is 28.2. The van der Waals surface area contributed by atoms with Crippen LogP contribution in [0.3, 0.4) is 0 Å². The lowest BCUT2D eigenvalue weighted by atomic mass is 9.85. The zero-order chi connectivity index (χ0) is 18.9. The highest BCUT2D eigenvalue weighted by Crippen LogP contribution is 2.52. The van der Waals surface area contributed by atoms with E-state index >= 15 is 0 Å². The van der Waals surface area contributed by atoms with Crippen LogP contribution in [0, 0.1) is 6.92 Å². The fourth-order valence-corrected chi connectivity index (χ4v) is 4.85. The number of allylic oxidation sites excluding steroid dienone is 1. The first-order valence-electron chi connectivity index (χ1n) is 8.64. The lowest BCUT2D eigenvalue weighted by molar-refractivity contribution is -0.136. The number of carbonyl (C=O) groups is 2. The second-order valence-electron chi connectivity index (χ2n) is 7.77. The van der Waals surface area contributed by atoms with Gasteiger partial charge in [-0.2, -0.15) is 0 Å². The lowest BCUT2D eigenvalue weighted by Gasteiger charge is -2.39. The molecule has 0 fully saturated rings. The van der Waals surface area contributed by atoms with Crippen molar-refractivity contribution < 1.29 is 14.7 Å². The molecule has 134 valence electrons. The molecule has 3 heterocycles. The van der Waals surface area contributed by atoms with Crippen molar-refractivity contribution in [3.05, 3.63) is 57.3 Å². The van der Waals surface area contributed by atoms with Crippen LogP contribution >= 0.6 is 11.3 Å². The summed E-state index contributed by atoms with van der Waals surface area (Å²) in [5.41, 5.74) is 1.89. The van der Waals surface area contributed by atoms with Crippen molar-refractivity contribution in [1.29, 1.82) is 0 Å². The van der Waals surface area contributed by atoms with Crippen LogP contribution in [-0.4, -0.2) is 22.3 Å². The Morgan fingerprint density at radius 1 is 1.27 bits per heavy atom. The quantitative estimate of drug-likeness (QED) is 0.833. The van der Waals surface area contributed by atoms with Gasteiger partial charge in [0.2, 0.25) is 0 Å². The van der Waals surface area contributed by atoms with Crippen LogP contribution in [0.2, 0.25) is 0 Å². The van der Waals surface area contributed by atoms with Crippen molar-refractivity contribution in [3.8, 4) is 0 Å². The zero-order valence-corrected chi connectivity index (χ0v) is 16.1. The number of thiophene rings is 1. The summed E-state index contributed by atoms with van der Waals surface area (Å²) >= 11 is 1.33. The Bertz CT molecular complexity index is 971. The molecule has 4 rings (SSSR count). The first-order valence-corrected chi connectivity index (χ1v) is 9.52. The molecule has 1 aromatic carbocycles. The molecule has 1 aromatic heterocycles. The van der Waals surface area contributed by atoms with E-state index in [4.69, 9.17) is 0 Å². The number of benzene rings is 1. The van der Waals surface area contributed by atoms with Crippen molar-refractivity contribution in [2.45, 2.75) is 45.3 Å². The van der Waals surface area contributed by atoms with E-state index in [2.05, 4.69) is 0 Å². The number of rotatable bonds is 3. The summed E-state index contributed by atoms with van der Waals surface area (Å²) in [6, 6.07) is 7.40. The molecule has 5 heteroatoms. The average Bonchev–Trinajstić information content (AvgIpc) is 3.14. The number of aliphatic hydroxyl groups is 1. The van der Waals surface area contributed by atoms with Crippen LogP contribution in [0.5, 0.6) is 0 Å². The Morgan fingerprint density at radius 2 is 2.00 bits per heavy atom. The van der Waals surface area contributed by atoms with Gasteiger partial charge in [0, 0.05) is 11.1 Å². The van der Waals surface area contributed by atoms with Crippen LogP contribution in [0.25, 0.3) is 5.57 Å². The van der Waals surface area contributed by atoms with Crippen LogP contribution in [0.15, 0.2) is 35.7 Å². The summed E-state index contributed by atoms with van der Waals surface area (Å²) in [7, 11) is 0. The van der Waals surface area contributed by atoms with E-state index in [0.717, 1.165) is 22.4 Å². The molecule has 0 bridgehead atoms. The Labute approximate surface area is 156 Å². The number of hydrogen-bond donors (Lipinski definition) is 1. The monoisotopic (exact) mass is 367 g/mol. The Kier molecular flexibility index (Phi) is 3.56. The van der Waals surface area contributed by atoms with Gasteiger partial charge in [-0.25, -0.2) is 0 Å². The number of Topliss-reactive ketones (excluding diaryl/α,β-unsaturated/α-hetero) is 1. The minimum Gasteiger partial charge on any atom is -0.375 e. The first-order chi connectivity index (χ1) is 12.1. The Morgan fingerprint density at radius 3 is 2.65 bits per heavy atom. The predicted octanol–water partition coefficient (Wildman–Crippen LogP) is 4.06. The van der Waals surface area contributed by atoms with Crippen molar-refractivity contribution in [2.24, 2.45) is 0 Å². The molecule has 26 heavy (non-hydrogen) atoms. The maximum atomic E-state index is 13.3. The molecular formula is C21H21NO3S. The van der Waals surface area contributed by atoms with Crippen molar-refractivity contribution >= 4 is 34.3 Å². The van der Waals surface area contributed by atoms with Crippen molar-refractivity contribution in [2.75, 3.05) is 4.90 Å². The molecule has 2 aliphatic rings. The minimum atomic E-state index is -1.83. The number of ketones is 1. The molecule has 1 unspecified atom stereocenters. The first kappa shape index (κ1) is 17.2. The molecule has 1 amide bonds. The highest BCUT2D eigenvalue weighted by Gasteiger charge is 2.56. The molecule has 2 aliphatic heterocycles. The number of hydrogen-bond acceptors (Lipinski definition) is 4. The fourth-order valence-electron chi connectivity index (χ4n) is 4.19. The van der Waals surface area contributed by atoms with Gasteiger partial charge < -0.3 is 5.11 Å². The molecular weight excluding hydrogens is 346 g/mol. The van der Waals surface area contributed by atoms with E-state index in [9.17, 15) is 14.7 Å². The van der Waals surface area contributed by atoms with Gasteiger partial charge in [-0.3, -0.25) is 14.5 Å². The topological polar surface area (TPSA) is 57.6 Å². The maximum absolute atomic E-state index is 13.3. The highest BCUT2D eigenvalue weighted by atomic mass is 32.1. The van der Waals surface area contributed by atoms with Gasteiger partial charge in [-0.15, -0.1) is 11.3 Å². The van der Waals surface area contributed by atoms with E-state index in [-0.39, 0.29) is 12.2 Å². The summed E-state index contributed by atoms with van der Waals surface area (Å²) in [6.07, 6.45) is 1.80. The van der Waals surface area contributed by atoms with Gasteiger partial charge in [-0.1, -0.05) is 18.2 Å². The highest BCUT2D eigenvalue weighted by molar-refractivity contribution is 7.12. The molecule has 2 aromatic rings. The van der Waals surface area contributed by atoms with Crippen LogP contribution in [0.4, 0.5) is 5.69 Å². The third-order valence-corrected chi connectivity index (χ3v) is 6.17. The third-order valence-electron chi connectivity index (χ3n) is 5.26. The summed E-state index contributed by atoms with van der Waals surface area (Å²) < 4.78 is 0. The minimum absolute atomic E-state index is 0.214. The normalized spacial score (nSPS) is 23.0. The summed E-state index contributed by atoms with van der Waals surface area (Å²) in [6.45, 7) is 7.87. The summed E-state index contributed by atoms with van der Waals surface area (Å²) in [5.74, 6) is -0.633. The van der Waals surface area contributed by atoms with Crippen molar-refractivity contribution in [3.63, 3.8) is 0 Å². The fraction of sp³-hybridized carbons (Fsp3) is 0.333. The number of carbonyl (C=O) groups excluding carboxylic acids is 2. The van der Waals surface area contributed by atoms with Gasteiger partial charge in [-0.05, 0) is 56.3 Å². The van der Waals surface area contributed by atoms with E-state index < -0.39 is 17.0 Å². The van der Waals surface area contributed by atoms with E-state index in [1.807, 2.05) is 51.3 Å². The average molecular weight is 367 g/mol. The summed E-state index contributed by atoms with van der Waals surface area (Å²) in [5, 5.41) is 13.3. The standard InChI is InChI=1S/C21H21NO3S/c1-12-8-14-13(2)10-20(3,4)22-18(14)15(9-12)21(25,19(22)24)11-16(23)17-6-5-7-26-17/h5-10,25H,11H2,1-4H3. The largest absolute Gasteiger partial charge is 0.375 e. The van der Waals surface area contributed by atoms with Gasteiger partial charge in [0.1, 0.15) is 0 Å². The van der Waals surface area contributed by atoms with Gasteiger partial charge in [0.25, 0.3) is 5.91 Å². The molecule has 1 atom stereocenters. The van der Waals surface area contributed by atoms with Crippen molar-refractivity contribution in [1.82, 2.24) is 0 Å². The van der Waals surface area contributed by atoms with Gasteiger partial charge in [0.05, 0.1) is 22.5 Å². The second kappa shape index (κ2) is 5.38. The predicted molar refractivity (Wildman–Crippen MR) is 104 cm³/mol. The third kappa shape index (κ3) is 2.24. The lowest BCUT2D eigenvalue weighted by Crippen LogP contribution is -2.51. The molecule has 0 saturated heterocycles. The van der Waals surface area contributed by atoms with Crippen LogP contribution < -0.4 is 4.90 Å². The Balaban J connectivity index is 1.90. The van der Waals surface area contributed by atoms with E-state index in [1.54, 1.807) is 17.0 Å². The van der Waals surface area contributed by atoms with E-state index in [0.29, 0.717) is 10.4 Å². The van der Waals surface area contributed by atoms with E-state index in [1.165, 1.54) is 11.3 Å². The molecule has 0 radical (unpaired) electrons. The number of aryl methyl sites for hydroxylation is 1. The molecule has 0 saturated carbocycles. The molecule has 4 nitrogen and oxygen atoms in total. The second-order valence-corrected chi connectivity index (χ2v) is 8.72. The smallest absolute Gasteiger partial charge is 0.264 e.